The number of amides is 3. The second-order valence-electron chi connectivity index (χ2n) is 7.11. The summed E-state index contributed by atoms with van der Waals surface area (Å²) in [6, 6.07) is -4.66. The molecule has 0 aliphatic heterocycles. The first-order chi connectivity index (χ1) is 14.4. The molecule has 14 heteroatoms. The molecule has 0 aliphatic carbocycles. The highest BCUT2D eigenvalue weighted by molar-refractivity contribution is 7.80. The van der Waals surface area contributed by atoms with Crippen LogP contribution >= 0.6 is 12.6 Å². The molecule has 3 amide bonds. The predicted octanol–water partition coefficient (Wildman–Crippen LogP) is -3.52. The third-order valence-corrected chi connectivity index (χ3v) is 4.55. The molecule has 31 heavy (non-hydrogen) atoms. The highest BCUT2D eigenvalue weighted by atomic mass is 32.1. The average Bonchev–Trinajstić information content (AvgIpc) is 2.70. The Morgan fingerprint density at radius 2 is 1.58 bits per heavy atom. The molecule has 0 aromatic carbocycles. The molecule has 13 nitrogen and oxygen atoms in total. The Bertz CT molecular complexity index is 657. The number of carboxylic acids is 1. The van der Waals surface area contributed by atoms with Crippen molar-refractivity contribution in [1.82, 2.24) is 16.0 Å². The van der Waals surface area contributed by atoms with Crippen molar-refractivity contribution >= 4 is 42.3 Å². The van der Waals surface area contributed by atoms with Gasteiger partial charge in [0, 0.05) is 12.3 Å². The van der Waals surface area contributed by atoms with Crippen molar-refractivity contribution in [3.8, 4) is 0 Å². The monoisotopic (exact) mass is 463 g/mol. The fourth-order valence-electron chi connectivity index (χ4n) is 2.37. The topological polar surface area (TPSA) is 235 Å². The van der Waals surface area contributed by atoms with Crippen LogP contribution in [0.15, 0.2) is 4.99 Å². The van der Waals surface area contributed by atoms with E-state index in [1.54, 1.807) is 13.8 Å². The van der Waals surface area contributed by atoms with Gasteiger partial charge in [0.15, 0.2) is 5.96 Å². The molecule has 0 saturated carbocycles. The zero-order valence-electron chi connectivity index (χ0n) is 17.6. The number of aliphatic hydroxyl groups is 1. The largest absolute Gasteiger partial charge is 0.480 e. The van der Waals surface area contributed by atoms with Crippen LogP contribution in [0.2, 0.25) is 0 Å². The summed E-state index contributed by atoms with van der Waals surface area (Å²) in [4.78, 5) is 52.1. The fraction of sp³-hybridized carbons (Fsp3) is 0.706. The molecule has 0 aromatic rings. The molecule has 0 bridgehead atoms. The molecular weight excluding hydrogens is 430 g/mol. The first-order valence-electron chi connectivity index (χ1n) is 9.61. The molecule has 0 aliphatic rings. The maximum Gasteiger partial charge on any atom is 0.326 e. The molecular formula is C17H33N7O6S. The third-order valence-electron chi connectivity index (χ3n) is 4.16. The minimum absolute atomic E-state index is 0.0301. The number of nitrogens with one attached hydrogen (secondary N) is 3. The SMILES string of the molecule is CC(C)C(NC(=O)C(CO)NC(=O)C(N)CS)C(=O)NC(CCCN=C(N)N)C(=O)O. The number of nitrogens with two attached hydrogens (primary N) is 3. The van der Waals surface area contributed by atoms with Gasteiger partial charge in [-0.15, -0.1) is 0 Å². The van der Waals surface area contributed by atoms with E-state index in [9.17, 15) is 29.4 Å². The number of rotatable bonds is 14. The summed E-state index contributed by atoms with van der Waals surface area (Å²) < 4.78 is 0. The number of nitrogens with zero attached hydrogens (tertiary/aromatic N) is 1. The third kappa shape index (κ3) is 10.8. The number of carboxylic acid groups (broad SMARTS) is 1. The molecule has 4 atom stereocenters. The summed E-state index contributed by atoms with van der Waals surface area (Å²) >= 11 is 3.89. The minimum atomic E-state index is -1.35. The number of carbonyl (C=O) groups is 4. The summed E-state index contributed by atoms with van der Waals surface area (Å²) in [6.07, 6.45) is 0.366. The van der Waals surface area contributed by atoms with Gasteiger partial charge in [0.1, 0.15) is 18.1 Å². The Morgan fingerprint density at radius 1 is 1.00 bits per heavy atom. The Hall–Kier alpha value is -2.58. The number of carbonyl (C=O) groups excluding carboxylic acids is 3. The second kappa shape index (κ2) is 14.4. The normalized spacial score (nSPS) is 14.6. The van der Waals surface area contributed by atoms with E-state index < -0.39 is 60.4 Å². The van der Waals surface area contributed by atoms with Gasteiger partial charge < -0.3 is 43.4 Å². The van der Waals surface area contributed by atoms with E-state index in [0.717, 1.165) is 0 Å². The van der Waals surface area contributed by atoms with Gasteiger partial charge in [-0.2, -0.15) is 12.6 Å². The molecule has 0 rings (SSSR count). The lowest BCUT2D eigenvalue weighted by atomic mass is 10.0. The lowest BCUT2D eigenvalue weighted by molar-refractivity contribution is -0.142. The maximum atomic E-state index is 12.6. The van der Waals surface area contributed by atoms with Crippen molar-refractivity contribution in [3.63, 3.8) is 0 Å². The van der Waals surface area contributed by atoms with Crippen molar-refractivity contribution in [3.05, 3.63) is 0 Å². The van der Waals surface area contributed by atoms with Crippen LogP contribution in [0.1, 0.15) is 26.7 Å². The van der Waals surface area contributed by atoms with Crippen molar-refractivity contribution in [2.24, 2.45) is 28.1 Å². The molecule has 0 fully saturated rings. The summed E-state index contributed by atoms with van der Waals surface area (Å²) in [6.45, 7) is 2.75. The van der Waals surface area contributed by atoms with Crippen molar-refractivity contribution in [1.29, 1.82) is 0 Å². The Kier molecular flexibility index (Phi) is 13.2. The first kappa shape index (κ1) is 28.4. The van der Waals surface area contributed by atoms with Gasteiger partial charge in [0.2, 0.25) is 17.7 Å². The Labute approximate surface area is 186 Å². The van der Waals surface area contributed by atoms with E-state index in [4.69, 9.17) is 17.2 Å². The molecule has 4 unspecified atom stereocenters. The number of hydrogen-bond donors (Lipinski definition) is 9. The van der Waals surface area contributed by atoms with E-state index in [0.29, 0.717) is 6.42 Å². The summed E-state index contributed by atoms with van der Waals surface area (Å²) in [5.74, 6) is -4.02. The van der Waals surface area contributed by atoms with Crippen LogP contribution in [-0.4, -0.2) is 82.9 Å². The number of thiol groups is 1. The number of guanidine groups is 1. The zero-order valence-corrected chi connectivity index (χ0v) is 18.5. The lowest BCUT2D eigenvalue weighted by Gasteiger charge is -2.26. The predicted molar refractivity (Wildman–Crippen MR) is 117 cm³/mol. The number of aliphatic carboxylic acids is 1. The van der Waals surface area contributed by atoms with Gasteiger partial charge in [0.25, 0.3) is 0 Å². The van der Waals surface area contributed by atoms with Crippen LogP contribution < -0.4 is 33.2 Å². The van der Waals surface area contributed by atoms with Crippen LogP contribution in [0.25, 0.3) is 0 Å². The van der Waals surface area contributed by atoms with Gasteiger partial charge in [-0.05, 0) is 18.8 Å². The lowest BCUT2D eigenvalue weighted by Crippen LogP contribution is -2.59. The quantitative estimate of drug-likeness (QED) is 0.0536. The molecule has 178 valence electrons. The Balaban J connectivity index is 5.11. The first-order valence-corrected chi connectivity index (χ1v) is 10.2. The van der Waals surface area contributed by atoms with E-state index in [1.807, 2.05) is 0 Å². The number of aliphatic imine (C=N–C) groups is 1. The molecule has 0 saturated heterocycles. The fourth-order valence-corrected chi connectivity index (χ4v) is 2.53. The minimum Gasteiger partial charge on any atom is -0.480 e. The second-order valence-corrected chi connectivity index (χ2v) is 7.48. The average molecular weight is 464 g/mol. The zero-order chi connectivity index (χ0) is 24.1. The van der Waals surface area contributed by atoms with Gasteiger partial charge in [-0.1, -0.05) is 13.8 Å². The smallest absolute Gasteiger partial charge is 0.326 e. The maximum absolute atomic E-state index is 12.6. The molecule has 11 N–H and O–H groups in total. The van der Waals surface area contributed by atoms with E-state index in [1.165, 1.54) is 0 Å². The number of hydrogen-bond acceptors (Lipinski definition) is 8. The summed E-state index contributed by atoms with van der Waals surface area (Å²) in [5, 5.41) is 25.8. The Morgan fingerprint density at radius 3 is 2.03 bits per heavy atom. The van der Waals surface area contributed by atoms with Crippen LogP contribution in [0.5, 0.6) is 0 Å². The number of aliphatic hydroxyl groups excluding tert-OH is 1. The van der Waals surface area contributed by atoms with Gasteiger partial charge >= 0.3 is 5.97 Å². The van der Waals surface area contributed by atoms with Crippen molar-refractivity contribution < 1.29 is 29.4 Å². The summed E-state index contributed by atoms with van der Waals surface area (Å²) in [7, 11) is 0. The van der Waals surface area contributed by atoms with Crippen LogP contribution in [0.3, 0.4) is 0 Å². The molecule has 0 radical (unpaired) electrons. The van der Waals surface area contributed by atoms with E-state index in [-0.39, 0.29) is 24.7 Å². The van der Waals surface area contributed by atoms with Gasteiger partial charge in [-0.3, -0.25) is 19.4 Å². The van der Waals surface area contributed by atoms with Crippen LogP contribution in [0.4, 0.5) is 0 Å². The summed E-state index contributed by atoms with van der Waals surface area (Å²) in [5.41, 5.74) is 15.9. The standard InChI is InChI=1S/C17H33N7O6S/c1-8(2)12(24-14(27)11(6-25)23-13(26)9(18)7-31)15(28)22-10(16(29)30)4-3-5-21-17(19)20/h8-12,25,31H,3-7,18H2,1-2H3,(H,22,28)(H,23,26)(H,24,27)(H,29,30)(H4,19,20,21). The molecule has 0 aromatic heterocycles. The van der Waals surface area contributed by atoms with E-state index >= 15 is 0 Å². The van der Waals surface area contributed by atoms with Gasteiger partial charge in [0.05, 0.1) is 12.6 Å². The van der Waals surface area contributed by atoms with Crippen molar-refractivity contribution in [2.75, 3.05) is 18.9 Å². The van der Waals surface area contributed by atoms with Gasteiger partial charge in [-0.25, -0.2) is 4.79 Å². The van der Waals surface area contributed by atoms with Crippen LogP contribution in [0, 0.1) is 5.92 Å². The van der Waals surface area contributed by atoms with E-state index in [2.05, 4.69) is 33.6 Å². The van der Waals surface area contributed by atoms with Crippen molar-refractivity contribution in [2.45, 2.75) is 50.9 Å². The van der Waals surface area contributed by atoms with Crippen LogP contribution in [-0.2, 0) is 19.2 Å². The highest BCUT2D eigenvalue weighted by Gasteiger charge is 2.31. The molecule has 0 heterocycles. The molecule has 0 spiro atoms. The highest BCUT2D eigenvalue weighted by Crippen LogP contribution is 2.06.